The standard InChI is InChI=1S/C18H24N4O2S/c1-11-7-13(9-16(23-2)18(11)24-3)22(21)15(10-19)12-5-6-17(25-4)14(20)8-12/h5-10H,19-21H2,1-4H3/b15-10-. The van der Waals surface area contributed by atoms with Crippen LogP contribution in [0.25, 0.3) is 5.70 Å². The summed E-state index contributed by atoms with van der Waals surface area (Å²) in [5, 5.41) is 1.50. The summed E-state index contributed by atoms with van der Waals surface area (Å²) in [5.74, 6) is 7.60. The van der Waals surface area contributed by atoms with E-state index in [0.29, 0.717) is 22.9 Å². The minimum absolute atomic E-state index is 0.599. The van der Waals surface area contributed by atoms with Gasteiger partial charge in [-0.3, -0.25) is 5.01 Å². The molecule has 2 rings (SSSR count). The Balaban J connectivity index is 2.45. The molecule has 0 radical (unpaired) electrons. The molecule has 0 saturated heterocycles. The molecule has 0 spiro atoms. The number of nitrogen functional groups attached to an aromatic ring is 1. The highest BCUT2D eigenvalue weighted by Gasteiger charge is 2.16. The molecule has 0 aliphatic heterocycles. The number of anilines is 2. The average Bonchev–Trinajstić information content (AvgIpc) is 2.61. The number of nitrogens with zero attached hydrogens (tertiary/aromatic N) is 1. The zero-order valence-electron chi connectivity index (χ0n) is 14.9. The Bertz CT molecular complexity index is 793. The fourth-order valence-electron chi connectivity index (χ4n) is 2.62. The van der Waals surface area contributed by atoms with Gasteiger partial charge in [0.2, 0.25) is 0 Å². The molecular formula is C18H24N4O2S. The van der Waals surface area contributed by atoms with Crippen LogP contribution < -0.4 is 31.8 Å². The van der Waals surface area contributed by atoms with Crippen molar-refractivity contribution < 1.29 is 9.47 Å². The summed E-state index contributed by atoms with van der Waals surface area (Å²) in [7, 11) is 3.19. The first-order valence-electron chi connectivity index (χ1n) is 7.60. The highest BCUT2D eigenvalue weighted by molar-refractivity contribution is 7.98. The number of hydrazine groups is 1. The molecule has 0 aliphatic carbocycles. The smallest absolute Gasteiger partial charge is 0.163 e. The molecule has 0 heterocycles. The highest BCUT2D eigenvalue weighted by Crippen LogP contribution is 2.37. The van der Waals surface area contributed by atoms with Crippen LogP contribution in [0.3, 0.4) is 0 Å². The first kappa shape index (κ1) is 18.8. The fourth-order valence-corrected chi connectivity index (χ4v) is 3.12. The van der Waals surface area contributed by atoms with E-state index in [-0.39, 0.29) is 0 Å². The van der Waals surface area contributed by atoms with E-state index >= 15 is 0 Å². The summed E-state index contributed by atoms with van der Waals surface area (Å²) in [4.78, 5) is 1.01. The van der Waals surface area contributed by atoms with Gasteiger partial charge in [0, 0.05) is 28.4 Å². The normalized spacial score (nSPS) is 11.3. The van der Waals surface area contributed by atoms with E-state index < -0.39 is 0 Å². The van der Waals surface area contributed by atoms with Crippen molar-refractivity contribution in [1.29, 1.82) is 0 Å². The number of methoxy groups -OCH3 is 2. The van der Waals surface area contributed by atoms with Gasteiger partial charge < -0.3 is 20.9 Å². The number of rotatable bonds is 6. The Morgan fingerprint density at radius 3 is 2.40 bits per heavy atom. The fraction of sp³-hybridized carbons (Fsp3) is 0.222. The van der Waals surface area contributed by atoms with Crippen molar-refractivity contribution in [3.05, 3.63) is 47.7 Å². The van der Waals surface area contributed by atoms with E-state index in [9.17, 15) is 0 Å². The van der Waals surface area contributed by atoms with Gasteiger partial charge in [-0.05, 0) is 36.9 Å². The van der Waals surface area contributed by atoms with Crippen LogP contribution in [-0.4, -0.2) is 20.5 Å². The van der Waals surface area contributed by atoms with Gasteiger partial charge >= 0.3 is 0 Å². The molecule has 0 atom stereocenters. The third-order valence-corrected chi connectivity index (χ3v) is 4.68. The van der Waals surface area contributed by atoms with E-state index in [1.807, 2.05) is 37.4 Å². The van der Waals surface area contributed by atoms with Crippen LogP contribution in [0.5, 0.6) is 11.5 Å². The number of aryl methyl sites for hydroxylation is 1. The molecule has 25 heavy (non-hydrogen) atoms. The first-order chi connectivity index (χ1) is 12.0. The van der Waals surface area contributed by atoms with Gasteiger partial charge in [0.25, 0.3) is 0 Å². The van der Waals surface area contributed by atoms with Crippen molar-refractivity contribution in [2.75, 3.05) is 31.2 Å². The topological polar surface area (TPSA) is 99.8 Å². The van der Waals surface area contributed by atoms with Crippen molar-refractivity contribution in [3.63, 3.8) is 0 Å². The monoisotopic (exact) mass is 360 g/mol. The number of hydrogen-bond donors (Lipinski definition) is 3. The second-order valence-electron chi connectivity index (χ2n) is 5.38. The zero-order chi connectivity index (χ0) is 18.6. The summed E-state index contributed by atoms with van der Waals surface area (Å²) < 4.78 is 10.8. The lowest BCUT2D eigenvalue weighted by molar-refractivity contribution is 0.353. The van der Waals surface area contributed by atoms with Crippen LogP contribution >= 0.6 is 11.8 Å². The highest BCUT2D eigenvalue weighted by atomic mass is 32.2. The predicted molar refractivity (Wildman–Crippen MR) is 106 cm³/mol. The largest absolute Gasteiger partial charge is 0.493 e. The maximum atomic E-state index is 6.33. The second-order valence-corrected chi connectivity index (χ2v) is 6.22. The Kier molecular flexibility index (Phi) is 6.06. The summed E-state index contributed by atoms with van der Waals surface area (Å²) in [6, 6.07) is 9.46. The molecule has 0 aromatic heterocycles. The van der Waals surface area contributed by atoms with Gasteiger partial charge in [0.15, 0.2) is 11.5 Å². The van der Waals surface area contributed by atoms with E-state index in [1.165, 1.54) is 11.2 Å². The maximum Gasteiger partial charge on any atom is 0.163 e. The molecule has 0 saturated carbocycles. The van der Waals surface area contributed by atoms with Crippen molar-refractivity contribution in [2.24, 2.45) is 11.6 Å². The Morgan fingerprint density at radius 1 is 1.16 bits per heavy atom. The van der Waals surface area contributed by atoms with Crippen LogP contribution in [0.4, 0.5) is 11.4 Å². The lowest BCUT2D eigenvalue weighted by atomic mass is 10.1. The first-order valence-corrected chi connectivity index (χ1v) is 8.82. The van der Waals surface area contributed by atoms with Gasteiger partial charge in [-0.1, -0.05) is 6.07 Å². The quantitative estimate of drug-likeness (QED) is 0.315. The molecule has 134 valence electrons. The molecule has 0 unspecified atom stereocenters. The zero-order valence-corrected chi connectivity index (χ0v) is 15.7. The van der Waals surface area contributed by atoms with Crippen molar-refractivity contribution in [3.8, 4) is 11.5 Å². The molecular weight excluding hydrogens is 336 g/mol. The van der Waals surface area contributed by atoms with Crippen LogP contribution in [-0.2, 0) is 0 Å². The lowest BCUT2D eigenvalue weighted by Crippen LogP contribution is -2.30. The molecule has 0 amide bonds. The van der Waals surface area contributed by atoms with E-state index in [2.05, 4.69) is 0 Å². The number of hydrogen-bond acceptors (Lipinski definition) is 7. The van der Waals surface area contributed by atoms with Gasteiger partial charge in [-0.2, -0.15) is 0 Å². The summed E-state index contributed by atoms with van der Waals surface area (Å²) >= 11 is 1.59. The van der Waals surface area contributed by atoms with E-state index in [4.69, 9.17) is 26.8 Å². The third kappa shape index (κ3) is 3.78. The van der Waals surface area contributed by atoms with Gasteiger partial charge in [0.1, 0.15) is 0 Å². The third-order valence-electron chi connectivity index (χ3n) is 3.87. The van der Waals surface area contributed by atoms with Crippen molar-refractivity contribution in [2.45, 2.75) is 11.8 Å². The van der Waals surface area contributed by atoms with Crippen LogP contribution in [0.1, 0.15) is 11.1 Å². The van der Waals surface area contributed by atoms with Gasteiger partial charge in [-0.25, -0.2) is 5.84 Å². The van der Waals surface area contributed by atoms with Crippen molar-refractivity contribution >= 4 is 28.8 Å². The molecule has 2 aromatic rings. The molecule has 6 nitrogen and oxygen atoms in total. The number of benzene rings is 2. The Hall–Kier alpha value is -2.51. The summed E-state index contributed by atoms with van der Waals surface area (Å²) in [5.41, 5.74) is 15.7. The summed E-state index contributed by atoms with van der Waals surface area (Å²) in [6.45, 7) is 1.93. The SMILES string of the molecule is COc1cc(N(N)/C(=C\N)c2ccc(SC)c(N)c2)cc(C)c1OC. The van der Waals surface area contributed by atoms with Crippen LogP contribution in [0.2, 0.25) is 0 Å². The lowest BCUT2D eigenvalue weighted by Gasteiger charge is -2.24. The molecule has 6 N–H and O–H groups in total. The van der Waals surface area contributed by atoms with Crippen molar-refractivity contribution in [1.82, 2.24) is 0 Å². The van der Waals surface area contributed by atoms with Gasteiger partial charge in [0.05, 0.1) is 25.6 Å². The molecule has 0 fully saturated rings. The Labute approximate surface area is 152 Å². The van der Waals surface area contributed by atoms with Crippen LogP contribution in [0.15, 0.2) is 41.4 Å². The molecule has 2 aromatic carbocycles. The molecule has 0 aliphatic rings. The molecule has 0 bridgehead atoms. The minimum atomic E-state index is 0.599. The Morgan fingerprint density at radius 2 is 1.88 bits per heavy atom. The van der Waals surface area contributed by atoms with Crippen LogP contribution in [0, 0.1) is 6.92 Å². The second kappa shape index (κ2) is 8.04. The number of nitrogens with two attached hydrogens (primary N) is 3. The minimum Gasteiger partial charge on any atom is -0.493 e. The van der Waals surface area contributed by atoms with E-state index in [1.54, 1.807) is 32.0 Å². The summed E-state index contributed by atoms with van der Waals surface area (Å²) in [6.07, 6.45) is 3.44. The molecule has 7 heteroatoms. The number of thioether (sulfide) groups is 1. The van der Waals surface area contributed by atoms with Gasteiger partial charge in [-0.15, -0.1) is 11.8 Å². The predicted octanol–water partition coefficient (Wildman–Crippen LogP) is 2.95. The maximum absolute atomic E-state index is 6.33. The van der Waals surface area contributed by atoms with E-state index in [0.717, 1.165) is 21.7 Å². The number of ether oxygens (including phenoxy) is 2. The average molecular weight is 360 g/mol.